The Labute approximate surface area is 116 Å². The first-order valence-corrected chi connectivity index (χ1v) is 6.02. The molecule has 1 rings (SSSR count). The fourth-order valence-corrected chi connectivity index (χ4v) is 1.54. The number of ether oxygens (including phenoxy) is 1. The molecule has 1 amide bonds. The number of nitrogens with one attached hydrogen (secondary N) is 1. The van der Waals surface area contributed by atoms with E-state index in [9.17, 15) is 9.18 Å². The van der Waals surface area contributed by atoms with Crippen molar-refractivity contribution in [3.8, 4) is 0 Å². The monoisotopic (exact) mass is 283 g/mol. The predicted molar refractivity (Wildman–Crippen MR) is 73.2 cm³/mol. The molecule has 6 nitrogen and oxygen atoms in total. The van der Waals surface area contributed by atoms with Crippen molar-refractivity contribution in [2.45, 2.75) is 25.9 Å². The van der Waals surface area contributed by atoms with Gasteiger partial charge in [-0.1, -0.05) is 12.1 Å². The zero-order valence-electron chi connectivity index (χ0n) is 11.6. The van der Waals surface area contributed by atoms with Crippen LogP contribution in [0.4, 0.5) is 10.1 Å². The largest absolute Gasteiger partial charge is 0.409 e. The van der Waals surface area contributed by atoms with Crippen LogP contribution in [0.2, 0.25) is 0 Å². The molecule has 0 saturated heterocycles. The third-order valence-electron chi connectivity index (χ3n) is 3.22. The number of halogens is 1. The first-order valence-electron chi connectivity index (χ1n) is 6.02. The van der Waals surface area contributed by atoms with E-state index in [1.165, 1.54) is 19.2 Å². The van der Waals surface area contributed by atoms with E-state index >= 15 is 0 Å². The zero-order valence-corrected chi connectivity index (χ0v) is 11.6. The van der Waals surface area contributed by atoms with E-state index in [0.717, 1.165) is 6.07 Å². The number of oxime groups is 1. The van der Waals surface area contributed by atoms with Gasteiger partial charge in [-0.15, -0.1) is 0 Å². The lowest BCUT2D eigenvalue weighted by Crippen LogP contribution is -2.41. The number of hydrogen-bond donors (Lipinski definition) is 3. The Hall–Kier alpha value is -2.15. The average Bonchev–Trinajstić information content (AvgIpc) is 2.47. The molecule has 1 aromatic carbocycles. The molecule has 7 heteroatoms. The average molecular weight is 283 g/mol. The summed E-state index contributed by atoms with van der Waals surface area (Å²) < 4.78 is 18.4. The fraction of sp³-hybridized carbons (Fsp3) is 0.385. The summed E-state index contributed by atoms with van der Waals surface area (Å²) in [6, 6.07) is 3.58. The Morgan fingerprint density at radius 3 is 2.75 bits per heavy atom. The lowest BCUT2D eigenvalue weighted by atomic mass is 10.0. The van der Waals surface area contributed by atoms with Crippen molar-refractivity contribution in [3.05, 3.63) is 29.6 Å². The van der Waals surface area contributed by atoms with Crippen molar-refractivity contribution in [3.63, 3.8) is 0 Å². The molecule has 0 aromatic heterocycles. The molecule has 1 aromatic rings. The van der Waals surface area contributed by atoms with Crippen molar-refractivity contribution in [1.29, 1.82) is 0 Å². The second kappa shape index (κ2) is 6.33. The third kappa shape index (κ3) is 3.24. The van der Waals surface area contributed by atoms with Gasteiger partial charge >= 0.3 is 0 Å². The van der Waals surface area contributed by atoms with Crippen molar-refractivity contribution in [1.82, 2.24) is 0 Å². The van der Waals surface area contributed by atoms with Crippen LogP contribution in [0.5, 0.6) is 0 Å². The second-order valence-electron chi connectivity index (χ2n) is 4.42. The number of anilines is 1. The van der Waals surface area contributed by atoms with Gasteiger partial charge < -0.3 is 21.0 Å². The zero-order chi connectivity index (χ0) is 15.3. The summed E-state index contributed by atoms with van der Waals surface area (Å²) in [6.07, 6.45) is 0.454. The van der Waals surface area contributed by atoms with Crippen molar-refractivity contribution < 1.29 is 19.1 Å². The lowest BCUT2D eigenvalue weighted by molar-refractivity contribution is -0.136. The van der Waals surface area contributed by atoms with E-state index < -0.39 is 17.3 Å². The number of rotatable bonds is 5. The smallest absolute Gasteiger partial charge is 0.256 e. The molecule has 0 aliphatic carbocycles. The minimum absolute atomic E-state index is 0.0930. The van der Waals surface area contributed by atoms with Crippen LogP contribution in [-0.2, 0) is 9.53 Å². The van der Waals surface area contributed by atoms with Gasteiger partial charge in [0, 0.05) is 12.7 Å². The summed E-state index contributed by atoms with van der Waals surface area (Å²) >= 11 is 0. The van der Waals surface area contributed by atoms with Gasteiger partial charge in [-0.05, 0) is 31.5 Å². The van der Waals surface area contributed by atoms with Crippen molar-refractivity contribution >= 4 is 17.4 Å². The van der Waals surface area contributed by atoms with E-state index in [1.807, 2.05) is 0 Å². The van der Waals surface area contributed by atoms with Gasteiger partial charge in [0.1, 0.15) is 11.4 Å². The number of nitrogens with two attached hydrogens (primary N) is 1. The summed E-state index contributed by atoms with van der Waals surface area (Å²) in [6.45, 7) is 3.44. The number of benzene rings is 1. The SMILES string of the molecule is CCC(C)(OC)C(=O)Nc1ccc(F)cc1/C(N)=N/O. The molecule has 1 unspecified atom stereocenters. The molecular formula is C13H18FN3O3. The fourth-order valence-electron chi connectivity index (χ4n) is 1.54. The Bertz CT molecular complexity index is 528. The minimum Gasteiger partial charge on any atom is -0.409 e. The number of methoxy groups -OCH3 is 1. The predicted octanol–water partition coefficient (Wildman–Crippen LogP) is 1.67. The Balaban J connectivity index is 3.13. The molecular weight excluding hydrogens is 265 g/mol. The standard InChI is InChI=1S/C13H18FN3O3/c1-4-13(2,20-3)12(18)16-10-6-5-8(14)7-9(10)11(15)17-19/h5-7,19H,4H2,1-3H3,(H2,15,17)(H,16,18). The van der Waals surface area contributed by atoms with Crippen LogP contribution in [-0.4, -0.2) is 29.7 Å². The summed E-state index contributed by atoms with van der Waals surface area (Å²) in [4.78, 5) is 12.2. The molecule has 0 fully saturated rings. The molecule has 110 valence electrons. The number of amidine groups is 1. The topological polar surface area (TPSA) is 96.9 Å². The number of amides is 1. The Morgan fingerprint density at radius 2 is 2.25 bits per heavy atom. The number of carbonyl (C=O) groups excluding carboxylic acids is 1. The molecule has 0 radical (unpaired) electrons. The van der Waals surface area contributed by atoms with Crippen LogP contribution >= 0.6 is 0 Å². The third-order valence-corrected chi connectivity index (χ3v) is 3.22. The van der Waals surface area contributed by atoms with Gasteiger partial charge in [0.15, 0.2) is 5.84 Å². The first-order chi connectivity index (χ1) is 9.37. The molecule has 0 heterocycles. The van der Waals surface area contributed by atoms with Crippen LogP contribution in [0.1, 0.15) is 25.8 Å². The summed E-state index contributed by atoms with van der Waals surface area (Å²) in [5.74, 6) is -1.26. The minimum atomic E-state index is -1.02. The maximum Gasteiger partial charge on any atom is 0.256 e. The maximum absolute atomic E-state index is 13.2. The van der Waals surface area contributed by atoms with E-state index in [2.05, 4.69) is 10.5 Å². The number of hydrogen-bond acceptors (Lipinski definition) is 4. The van der Waals surface area contributed by atoms with Crippen LogP contribution in [0.3, 0.4) is 0 Å². The van der Waals surface area contributed by atoms with Gasteiger partial charge in [-0.3, -0.25) is 4.79 Å². The van der Waals surface area contributed by atoms with Gasteiger partial charge in [-0.25, -0.2) is 4.39 Å². The van der Waals surface area contributed by atoms with Crippen molar-refractivity contribution in [2.75, 3.05) is 12.4 Å². The number of nitrogens with zero attached hydrogens (tertiary/aromatic N) is 1. The Kier molecular flexibility index (Phi) is 5.04. The number of carbonyl (C=O) groups is 1. The molecule has 0 aliphatic rings. The molecule has 1 atom stereocenters. The highest BCUT2D eigenvalue weighted by atomic mass is 19.1. The van der Waals surface area contributed by atoms with E-state index in [0.29, 0.717) is 6.42 Å². The highest BCUT2D eigenvalue weighted by Crippen LogP contribution is 2.21. The molecule has 0 bridgehead atoms. The van der Waals surface area contributed by atoms with E-state index in [4.69, 9.17) is 15.7 Å². The van der Waals surface area contributed by atoms with Crippen LogP contribution in [0.15, 0.2) is 23.4 Å². The highest BCUT2D eigenvalue weighted by Gasteiger charge is 2.31. The Morgan fingerprint density at radius 1 is 1.60 bits per heavy atom. The molecule has 4 N–H and O–H groups in total. The first kappa shape index (κ1) is 15.9. The van der Waals surface area contributed by atoms with Crippen molar-refractivity contribution in [2.24, 2.45) is 10.9 Å². The van der Waals surface area contributed by atoms with Crippen LogP contribution in [0.25, 0.3) is 0 Å². The molecule has 0 spiro atoms. The molecule has 20 heavy (non-hydrogen) atoms. The summed E-state index contributed by atoms with van der Waals surface area (Å²) in [5, 5.41) is 14.1. The normalized spacial score (nSPS) is 14.7. The van der Waals surface area contributed by atoms with Gasteiger partial charge in [0.2, 0.25) is 0 Å². The van der Waals surface area contributed by atoms with Gasteiger partial charge in [0.05, 0.1) is 5.69 Å². The molecule has 0 aliphatic heterocycles. The lowest BCUT2D eigenvalue weighted by Gasteiger charge is -2.25. The molecule has 0 saturated carbocycles. The second-order valence-corrected chi connectivity index (χ2v) is 4.42. The van der Waals surface area contributed by atoms with Crippen LogP contribution in [0, 0.1) is 5.82 Å². The summed E-state index contributed by atoms with van der Waals surface area (Å²) in [5.41, 5.74) is 4.78. The van der Waals surface area contributed by atoms with Crippen LogP contribution < -0.4 is 11.1 Å². The maximum atomic E-state index is 13.2. The van der Waals surface area contributed by atoms with E-state index in [-0.39, 0.29) is 17.1 Å². The highest BCUT2D eigenvalue weighted by molar-refractivity contribution is 6.06. The summed E-state index contributed by atoms with van der Waals surface area (Å²) in [7, 11) is 1.43. The van der Waals surface area contributed by atoms with Gasteiger partial charge in [-0.2, -0.15) is 0 Å². The quantitative estimate of drug-likeness (QED) is 0.331. The van der Waals surface area contributed by atoms with Gasteiger partial charge in [0.25, 0.3) is 5.91 Å². The van der Waals surface area contributed by atoms with E-state index in [1.54, 1.807) is 13.8 Å².